The van der Waals surface area contributed by atoms with Crippen molar-refractivity contribution in [3.8, 4) is 0 Å². The first kappa shape index (κ1) is 13.3. The van der Waals surface area contributed by atoms with Crippen molar-refractivity contribution < 1.29 is 13.2 Å². The number of rotatable bonds is 6. The van der Waals surface area contributed by atoms with Crippen LogP contribution in [0.1, 0.15) is 19.8 Å². The van der Waals surface area contributed by atoms with Gasteiger partial charge in [-0.15, -0.1) is 0 Å². The molecule has 0 rings (SSSR count). The summed E-state index contributed by atoms with van der Waals surface area (Å²) in [5.74, 6) is -0.197. The van der Waals surface area contributed by atoms with Crippen molar-refractivity contribution in [2.75, 3.05) is 12.0 Å². The van der Waals surface area contributed by atoms with Crippen LogP contribution in [0.5, 0.6) is 0 Å². The standard InChI is InChI=1S/C9H17NO3S/c1-7(2)6-9(11)8(10)4-5-14(3,12)13/h8H,1,4-6,10H2,2-3H3. The minimum atomic E-state index is -3.04. The topological polar surface area (TPSA) is 77.2 Å². The van der Waals surface area contributed by atoms with Crippen molar-refractivity contribution in [1.82, 2.24) is 0 Å². The number of hydrogen-bond donors (Lipinski definition) is 1. The lowest BCUT2D eigenvalue weighted by Crippen LogP contribution is -2.32. The van der Waals surface area contributed by atoms with Crippen molar-refractivity contribution in [2.24, 2.45) is 5.73 Å². The first-order chi connectivity index (χ1) is 6.22. The Kier molecular flexibility index (Phi) is 5.01. The van der Waals surface area contributed by atoms with E-state index in [4.69, 9.17) is 5.73 Å². The van der Waals surface area contributed by atoms with Crippen LogP contribution in [0.2, 0.25) is 0 Å². The predicted molar refractivity (Wildman–Crippen MR) is 56.7 cm³/mol. The monoisotopic (exact) mass is 219 g/mol. The molecule has 2 N–H and O–H groups in total. The van der Waals surface area contributed by atoms with E-state index >= 15 is 0 Å². The summed E-state index contributed by atoms with van der Waals surface area (Å²) < 4.78 is 21.6. The van der Waals surface area contributed by atoms with Crippen LogP contribution in [0.15, 0.2) is 12.2 Å². The number of Topliss-reactive ketones (excluding diaryl/α,β-unsaturated/α-hetero) is 1. The predicted octanol–water partition coefficient (Wildman–Crippen LogP) is 0.284. The molecule has 0 heterocycles. The average Bonchev–Trinajstić information content (AvgIpc) is 1.97. The van der Waals surface area contributed by atoms with E-state index in [-0.39, 0.29) is 24.4 Å². The zero-order chi connectivity index (χ0) is 11.4. The maximum absolute atomic E-state index is 11.3. The van der Waals surface area contributed by atoms with Crippen LogP contribution < -0.4 is 5.73 Å². The van der Waals surface area contributed by atoms with E-state index in [9.17, 15) is 13.2 Å². The minimum Gasteiger partial charge on any atom is -0.321 e. The quantitative estimate of drug-likeness (QED) is 0.651. The summed E-state index contributed by atoms with van der Waals surface area (Å²) in [6.07, 6.45) is 1.54. The minimum absolute atomic E-state index is 0.0455. The van der Waals surface area contributed by atoms with Crippen molar-refractivity contribution in [3.63, 3.8) is 0 Å². The van der Waals surface area contributed by atoms with Crippen molar-refractivity contribution >= 4 is 15.6 Å². The van der Waals surface area contributed by atoms with Gasteiger partial charge in [0.2, 0.25) is 0 Å². The van der Waals surface area contributed by atoms with E-state index in [0.717, 1.165) is 11.8 Å². The van der Waals surface area contributed by atoms with E-state index in [1.54, 1.807) is 6.92 Å². The molecule has 0 radical (unpaired) electrons. The molecule has 5 heteroatoms. The first-order valence-corrected chi connectivity index (χ1v) is 6.39. The number of allylic oxidation sites excluding steroid dienone is 1. The molecule has 0 spiro atoms. The normalized spacial score (nSPS) is 13.6. The summed E-state index contributed by atoms with van der Waals surface area (Å²) >= 11 is 0. The second-order valence-electron chi connectivity index (χ2n) is 3.63. The highest BCUT2D eigenvalue weighted by atomic mass is 32.2. The zero-order valence-electron chi connectivity index (χ0n) is 8.62. The molecule has 0 amide bonds. The molecule has 0 aromatic heterocycles. The molecule has 0 aliphatic heterocycles. The Morgan fingerprint density at radius 3 is 2.36 bits per heavy atom. The summed E-state index contributed by atoms with van der Waals surface area (Å²) in [6, 6.07) is -0.693. The van der Waals surface area contributed by atoms with Gasteiger partial charge in [-0.25, -0.2) is 8.42 Å². The molecule has 0 aliphatic rings. The van der Waals surface area contributed by atoms with Gasteiger partial charge in [-0.3, -0.25) is 4.79 Å². The van der Waals surface area contributed by atoms with Crippen LogP contribution >= 0.6 is 0 Å². The Bertz CT molecular complexity index is 319. The van der Waals surface area contributed by atoms with Crippen LogP contribution in [-0.2, 0) is 14.6 Å². The molecule has 0 aromatic carbocycles. The third-order valence-electron chi connectivity index (χ3n) is 1.69. The van der Waals surface area contributed by atoms with Crippen molar-refractivity contribution in [1.29, 1.82) is 0 Å². The first-order valence-electron chi connectivity index (χ1n) is 4.33. The largest absolute Gasteiger partial charge is 0.321 e. The van der Waals surface area contributed by atoms with E-state index < -0.39 is 15.9 Å². The van der Waals surface area contributed by atoms with Gasteiger partial charge >= 0.3 is 0 Å². The Morgan fingerprint density at radius 2 is 2.00 bits per heavy atom. The maximum Gasteiger partial charge on any atom is 0.153 e. The molecule has 0 aliphatic carbocycles. The fourth-order valence-corrected chi connectivity index (χ4v) is 1.61. The molecule has 4 nitrogen and oxygen atoms in total. The number of ketones is 1. The van der Waals surface area contributed by atoms with Gasteiger partial charge in [-0.1, -0.05) is 12.2 Å². The van der Waals surface area contributed by atoms with Crippen molar-refractivity contribution in [3.05, 3.63) is 12.2 Å². The molecule has 1 atom stereocenters. The highest BCUT2D eigenvalue weighted by molar-refractivity contribution is 7.90. The Balaban J connectivity index is 4.03. The summed E-state index contributed by atoms with van der Waals surface area (Å²) in [7, 11) is -3.04. The number of carbonyl (C=O) groups is 1. The summed E-state index contributed by atoms with van der Waals surface area (Å²) in [6.45, 7) is 5.33. The Morgan fingerprint density at radius 1 is 1.50 bits per heavy atom. The van der Waals surface area contributed by atoms with Gasteiger partial charge < -0.3 is 5.73 Å². The molecule has 0 saturated heterocycles. The number of sulfone groups is 1. The summed E-state index contributed by atoms with van der Waals surface area (Å²) in [5.41, 5.74) is 6.26. The fourth-order valence-electron chi connectivity index (χ4n) is 0.931. The number of nitrogens with two attached hydrogens (primary N) is 1. The SMILES string of the molecule is C=C(C)CC(=O)C(N)CCS(C)(=O)=O. The molecule has 14 heavy (non-hydrogen) atoms. The fraction of sp³-hybridized carbons (Fsp3) is 0.667. The van der Waals surface area contributed by atoms with Crippen LogP contribution in [0.3, 0.4) is 0 Å². The molecule has 82 valence electrons. The molecular formula is C9H17NO3S. The number of carbonyl (C=O) groups excluding carboxylic acids is 1. The van der Waals surface area contributed by atoms with Gasteiger partial charge in [-0.05, 0) is 13.3 Å². The lowest BCUT2D eigenvalue weighted by Gasteiger charge is -2.09. The van der Waals surface area contributed by atoms with Gasteiger partial charge in [0.05, 0.1) is 11.8 Å². The third-order valence-corrected chi connectivity index (χ3v) is 2.67. The summed E-state index contributed by atoms with van der Waals surface area (Å²) in [4.78, 5) is 11.3. The second-order valence-corrected chi connectivity index (χ2v) is 5.88. The van der Waals surface area contributed by atoms with E-state index in [1.807, 2.05) is 0 Å². The van der Waals surface area contributed by atoms with E-state index in [1.165, 1.54) is 0 Å². The molecule has 0 bridgehead atoms. The van der Waals surface area contributed by atoms with Gasteiger partial charge in [0.25, 0.3) is 0 Å². The van der Waals surface area contributed by atoms with E-state index in [0.29, 0.717) is 0 Å². The summed E-state index contributed by atoms with van der Waals surface area (Å²) in [5, 5.41) is 0. The zero-order valence-corrected chi connectivity index (χ0v) is 9.43. The second kappa shape index (κ2) is 5.26. The molecule has 0 aromatic rings. The molecule has 1 unspecified atom stereocenters. The highest BCUT2D eigenvalue weighted by Crippen LogP contribution is 2.03. The Hall–Kier alpha value is -0.680. The van der Waals surface area contributed by atoms with Gasteiger partial charge in [0.15, 0.2) is 5.78 Å². The molecular weight excluding hydrogens is 202 g/mol. The highest BCUT2D eigenvalue weighted by Gasteiger charge is 2.15. The van der Waals surface area contributed by atoms with Gasteiger partial charge in [0, 0.05) is 12.7 Å². The molecule has 0 saturated carbocycles. The van der Waals surface area contributed by atoms with Crippen LogP contribution in [0.4, 0.5) is 0 Å². The van der Waals surface area contributed by atoms with Crippen LogP contribution in [0.25, 0.3) is 0 Å². The number of hydrogen-bond acceptors (Lipinski definition) is 4. The van der Waals surface area contributed by atoms with Gasteiger partial charge in [0.1, 0.15) is 9.84 Å². The third kappa shape index (κ3) is 6.80. The van der Waals surface area contributed by atoms with Crippen LogP contribution in [-0.4, -0.2) is 32.3 Å². The van der Waals surface area contributed by atoms with Crippen LogP contribution in [0, 0.1) is 0 Å². The maximum atomic E-state index is 11.3. The van der Waals surface area contributed by atoms with Gasteiger partial charge in [-0.2, -0.15) is 0 Å². The lowest BCUT2D eigenvalue weighted by atomic mass is 10.1. The van der Waals surface area contributed by atoms with E-state index in [2.05, 4.69) is 6.58 Å². The molecule has 0 fully saturated rings. The smallest absolute Gasteiger partial charge is 0.153 e. The van der Waals surface area contributed by atoms with Crippen molar-refractivity contribution in [2.45, 2.75) is 25.8 Å². The Labute approximate surface area is 85.1 Å². The average molecular weight is 219 g/mol. The lowest BCUT2D eigenvalue weighted by molar-refractivity contribution is -0.119.